The molecule has 2 aliphatic heterocycles. The molecule has 1 aromatic heterocycles. The van der Waals surface area contributed by atoms with E-state index in [9.17, 15) is 14.4 Å². The smallest absolute Gasteiger partial charge is 0.262 e. The number of amidine groups is 1. The van der Waals surface area contributed by atoms with Gasteiger partial charge < -0.3 is 19.6 Å². The molecule has 4 rings (SSSR count). The first-order valence-electron chi connectivity index (χ1n) is 11.4. The van der Waals surface area contributed by atoms with Crippen molar-refractivity contribution in [3.63, 3.8) is 0 Å². The number of aromatic nitrogens is 1. The van der Waals surface area contributed by atoms with E-state index in [1.165, 1.54) is 18.2 Å². The SMILES string of the molecule is Cc1noc(C)c1CN(C)C(=O)c1cccc(NC(=O)CC2SC(N3CCCCC3)=NC2=O)c1. The maximum absolute atomic E-state index is 12.9. The molecule has 2 aliphatic rings. The van der Waals surface area contributed by atoms with E-state index in [0.29, 0.717) is 23.6 Å². The van der Waals surface area contributed by atoms with Crippen molar-refractivity contribution >= 4 is 40.3 Å². The Morgan fingerprint density at radius 3 is 2.71 bits per heavy atom. The van der Waals surface area contributed by atoms with Crippen LogP contribution in [-0.2, 0) is 16.1 Å². The van der Waals surface area contributed by atoms with Gasteiger partial charge in [-0.25, -0.2) is 0 Å². The van der Waals surface area contributed by atoms with Gasteiger partial charge in [-0.1, -0.05) is 23.0 Å². The molecule has 0 spiro atoms. The van der Waals surface area contributed by atoms with E-state index in [4.69, 9.17) is 4.52 Å². The maximum atomic E-state index is 12.9. The van der Waals surface area contributed by atoms with Crippen molar-refractivity contribution < 1.29 is 18.9 Å². The van der Waals surface area contributed by atoms with Gasteiger partial charge in [0.25, 0.3) is 11.8 Å². The topological polar surface area (TPSA) is 108 Å². The van der Waals surface area contributed by atoms with Gasteiger partial charge in [0.1, 0.15) is 11.0 Å². The van der Waals surface area contributed by atoms with Crippen LogP contribution in [0.15, 0.2) is 33.8 Å². The van der Waals surface area contributed by atoms with Gasteiger partial charge in [-0.3, -0.25) is 14.4 Å². The Morgan fingerprint density at radius 1 is 1.24 bits per heavy atom. The van der Waals surface area contributed by atoms with Crippen molar-refractivity contribution in [3.05, 3.63) is 46.8 Å². The number of nitrogens with one attached hydrogen (secondary N) is 1. The van der Waals surface area contributed by atoms with Crippen molar-refractivity contribution in [1.82, 2.24) is 15.0 Å². The lowest BCUT2D eigenvalue weighted by Gasteiger charge is -2.27. The summed E-state index contributed by atoms with van der Waals surface area (Å²) < 4.78 is 5.18. The third-order valence-corrected chi connectivity index (χ3v) is 7.26. The number of nitrogens with zero attached hydrogens (tertiary/aromatic N) is 4. The Bertz CT molecular complexity index is 1100. The van der Waals surface area contributed by atoms with Gasteiger partial charge >= 0.3 is 0 Å². The van der Waals surface area contributed by atoms with Crippen LogP contribution in [-0.4, -0.2) is 63.2 Å². The van der Waals surface area contributed by atoms with Gasteiger partial charge in [0, 0.05) is 43.4 Å². The fraction of sp³-hybridized carbons (Fsp3) is 0.458. The molecule has 0 bridgehead atoms. The number of aliphatic imine (C=N–C) groups is 1. The molecule has 2 aromatic rings. The highest BCUT2D eigenvalue weighted by molar-refractivity contribution is 8.15. The van der Waals surface area contributed by atoms with Crippen LogP contribution in [0.3, 0.4) is 0 Å². The minimum Gasteiger partial charge on any atom is -0.361 e. The summed E-state index contributed by atoms with van der Waals surface area (Å²) >= 11 is 1.37. The van der Waals surface area contributed by atoms with Gasteiger partial charge in [0.05, 0.1) is 12.2 Å². The average molecular weight is 484 g/mol. The first-order valence-corrected chi connectivity index (χ1v) is 12.3. The molecular formula is C24H29N5O4S. The zero-order valence-corrected chi connectivity index (χ0v) is 20.5. The molecule has 9 nitrogen and oxygen atoms in total. The van der Waals surface area contributed by atoms with Crippen molar-refractivity contribution in [2.75, 3.05) is 25.5 Å². The Labute approximate surface area is 202 Å². The number of carbonyl (C=O) groups is 3. The molecule has 0 aliphatic carbocycles. The van der Waals surface area contributed by atoms with Crippen molar-refractivity contribution in [3.8, 4) is 0 Å². The van der Waals surface area contributed by atoms with Crippen LogP contribution in [0.4, 0.5) is 5.69 Å². The zero-order valence-electron chi connectivity index (χ0n) is 19.7. The van der Waals surface area contributed by atoms with Crippen molar-refractivity contribution in [2.45, 2.75) is 51.3 Å². The molecule has 180 valence electrons. The van der Waals surface area contributed by atoms with Gasteiger partial charge in [0.15, 0.2) is 5.17 Å². The van der Waals surface area contributed by atoms with Crippen LogP contribution in [0.1, 0.15) is 53.1 Å². The minimum atomic E-state index is -0.511. The van der Waals surface area contributed by atoms with E-state index < -0.39 is 5.25 Å². The van der Waals surface area contributed by atoms with E-state index in [-0.39, 0.29) is 24.1 Å². The van der Waals surface area contributed by atoms with E-state index in [1.807, 2.05) is 13.8 Å². The Kier molecular flexibility index (Phi) is 7.35. The molecule has 1 aromatic carbocycles. The standard InChI is InChI=1S/C24H29N5O4S/c1-15-19(16(2)33-27-15)14-28(3)23(32)17-8-7-9-18(12-17)25-21(30)13-20-22(31)26-24(34-20)29-10-5-4-6-11-29/h7-9,12,20H,4-6,10-11,13-14H2,1-3H3,(H,25,30). The number of benzene rings is 1. The molecule has 1 N–H and O–H groups in total. The van der Waals surface area contributed by atoms with Gasteiger partial charge in [-0.05, 0) is 51.3 Å². The number of hydrogen-bond acceptors (Lipinski definition) is 7. The molecule has 3 amide bonds. The second-order valence-corrected chi connectivity index (χ2v) is 9.85. The summed E-state index contributed by atoms with van der Waals surface area (Å²) in [5, 5.41) is 6.97. The highest BCUT2D eigenvalue weighted by Crippen LogP contribution is 2.29. The first-order chi connectivity index (χ1) is 16.3. The summed E-state index contributed by atoms with van der Waals surface area (Å²) in [7, 11) is 1.71. The number of amides is 3. The molecule has 1 unspecified atom stereocenters. The summed E-state index contributed by atoms with van der Waals surface area (Å²) in [6, 6.07) is 6.79. The average Bonchev–Trinajstić information content (AvgIpc) is 3.35. The number of carbonyl (C=O) groups excluding carboxylic acids is 3. The summed E-state index contributed by atoms with van der Waals surface area (Å²) in [4.78, 5) is 45.8. The normalized spacial score (nSPS) is 18.1. The number of rotatable bonds is 6. The van der Waals surface area contributed by atoms with Crippen LogP contribution in [0.5, 0.6) is 0 Å². The van der Waals surface area contributed by atoms with Crippen LogP contribution >= 0.6 is 11.8 Å². The lowest BCUT2D eigenvalue weighted by molar-refractivity contribution is -0.121. The van der Waals surface area contributed by atoms with Gasteiger partial charge in [0.2, 0.25) is 5.91 Å². The second kappa shape index (κ2) is 10.4. The number of hydrogen-bond donors (Lipinski definition) is 1. The van der Waals surface area contributed by atoms with Gasteiger partial charge in [-0.15, -0.1) is 0 Å². The molecule has 34 heavy (non-hydrogen) atoms. The fourth-order valence-corrected chi connectivity index (χ4v) is 5.21. The monoisotopic (exact) mass is 483 g/mol. The summed E-state index contributed by atoms with van der Waals surface area (Å²) in [5.41, 5.74) is 2.60. The number of piperidine rings is 1. The molecule has 1 saturated heterocycles. The van der Waals surface area contributed by atoms with E-state index in [2.05, 4.69) is 20.4 Å². The number of anilines is 1. The lowest BCUT2D eigenvalue weighted by atomic mass is 10.1. The Balaban J connectivity index is 1.33. The predicted molar refractivity (Wildman–Crippen MR) is 131 cm³/mol. The van der Waals surface area contributed by atoms with Crippen LogP contribution in [0.2, 0.25) is 0 Å². The lowest BCUT2D eigenvalue weighted by Crippen LogP contribution is -2.33. The molecule has 10 heteroatoms. The molecule has 1 atom stereocenters. The summed E-state index contributed by atoms with van der Waals surface area (Å²) in [5.74, 6) is -0.0395. The number of aryl methyl sites for hydroxylation is 2. The molecular weight excluding hydrogens is 454 g/mol. The predicted octanol–water partition coefficient (Wildman–Crippen LogP) is 3.38. The van der Waals surface area contributed by atoms with Crippen LogP contribution in [0, 0.1) is 13.8 Å². The highest BCUT2D eigenvalue weighted by atomic mass is 32.2. The molecule has 0 saturated carbocycles. The second-order valence-electron chi connectivity index (χ2n) is 8.68. The molecule has 0 radical (unpaired) electrons. The van der Waals surface area contributed by atoms with Crippen LogP contribution in [0.25, 0.3) is 0 Å². The Morgan fingerprint density at radius 2 is 2.00 bits per heavy atom. The van der Waals surface area contributed by atoms with E-state index >= 15 is 0 Å². The number of likely N-dealkylation sites (tertiary alicyclic amines) is 1. The minimum absolute atomic E-state index is 0.0362. The van der Waals surface area contributed by atoms with Crippen LogP contribution < -0.4 is 5.32 Å². The number of thioether (sulfide) groups is 1. The third kappa shape index (κ3) is 5.49. The van der Waals surface area contributed by atoms with Gasteiger partial charge in [-0.2, -0.15) is 4.99 Å². The third-order valence-electron chi connectivity index (χ3n) is 6.04. The Hall–Kier alpha value is -3.14. The van der Waals surface area contributed by atoms with Crippen molar-refractivity contribution in [1.29, 1.82) is 0 Å². The highest BCUT2D eigenvalue weighted by Gasteiger charge is 2.33. The van der Waals surface area contributed by atoms with Crippen molar-refractivity contribution in [2.24, 2.45) is 4.99 Å². The first kappa shape index (κ1) is 24.0. The molecule has 1 fully saturated rings. The molecule has 3 heterocycles. The zero-order chi connectivity index (χ0) is 24.2. The maximum Gasteiger partial charge on any atom is 0.262 e. The summed E-state index contributed by atoms with van der Waals surface area (Å²) in [6.07, 6.45) is 3.43. The van der Waals surface area contributed by atoms with E-state index in [0.717, 1.165) is 42.4 Å². The quantitative estimate of drug-likeness (QED) is 0.671. The van der Waals surface area contributed by atoms with E-state index in [1.54, 1.807) is 36.2 Å². The summed E-state index contributed by atoms with van der Waals surface area (Å²) in [6.45, 7) is 5.84. The fourth-order valence-electron chi connectivity index (χ4n) is 4.10. The largest absolute Gasteiger partial charge is 0.361 e.